The molecule has 0 heterocycles. The molecule has 0 saturated heterocycles. The molecular weight excluding hydrogens is 298 g/mol. The summed E-state index contributed by atoms with van der Waals surface area (Å²) in [6.45, 7) is 1.95. The van der Waals surface area contributed by atoms with E-state index in [1.54, 1.807) is 6.92 Å². The summed E-state index contributed by atoms with van der Waals surface area (Å²) in [4.78, 5) is 22.7. The number of guanidine groups is 1. The molecule has 0 aliphatic carbocycles. The summed E-state index contributed by atoms with van der Waals surface area (Å²) in [5, 5.41) is 21.0. The Balaban J connectivity index is 2.63. The highest BCUT2D eigenvalue weighted by molar-refractivity contribution is 5.74. The van der Waals surface area contributed by atoms with Crippen LogP contribution in [0.1, 0.15) is 25.3 Å². The maximum Gasteiger partial charge on any atom is 0.320 e. The Morgan fingerprint density at radius 2 is 2.22 bits per heavy atom. The second-order valence-electron chi connectivity index (χ2n) is 5.52. The van der Waals surface area contributed by atoms with Crippen molar-refractivity contribution in [3.8, 4) is 0 Å². The summed E-state index contributed by atoms with van der Waals surface area (Å²) < 4.78 is 6.69. The average Bonchev–Trinajstić information content (AvgIpc) is 2.58. The van der Waals surface area contributed by atoms with Gasteiger partial charge in [-0.1, -0.05) is 30.3 Å². The molecular formula is C15H23N5O3. The maximum absolute atomic E-state index is 11.4. The van der Waals surface area contributed by atoms with Crippen LogP contribution in [0.25, 0.3) is 0 Å². The predicted octanol–water partition coefficient (Wildman–Crippen LogP) is 1.02. The van der Waals surface area contributed by atoms with Crippen LogP contribution >= 0.6 is 0 Å². The van der Waals surface area contributed by atoms with Crippen LogP contribution in [0.15, 0.2) is 35.5 Å². The van der Waals surface area contributed by atoms with Crippen LogP contribution in [0.4, 0.5) is 0 Å². The smallest absolute Gasteiger partial charge is 0.320 e. The highest BCUT2D eigenvalue weighted by Crippen LogP contribution is 2.16. The van der Waals surface area contributed by atoms with Gasteiger partial charge in [0, 0.05) is 13.0 Å². The first-order chi connectivity index (χ1) is 11.4. The van der Waals surface area contributed by atoms with Crippen molar-refractivity contribution in [2.24, 2.45) is 10.9 Å². The third kappa shape index (κ3) is 6.88. The van der Waals surface area contributed by atoms with E-state index in [0.29, 0.717) is 13.0 Å². The zero-order valence-electron chi connectivity index (χ0n) is 14.0. The normalized spacial score (nSPS) is 16.0. The number of rotatable bonds is 10. The highest BCUT2D eigenvalue weighted by atomic mass is 16.4. The molecule has 0 amide bonds. The third-order valence-corrected chi connectivity index (χ3v) is 3.35. The topological polar surface area (TPSA) is 141 Å². The van der Waals surface area contributed by atoms with E-state index < -0.39 is 17.7 Å². The Bertz CT molecular complexity index is 569. The molecule has 23 heavy (non-hydrogen) atoms. The first-order valence-electron chi connectivity index (χ1n) is 7.75. The quantitative estimate of drug-likeness (QED) is 0.188. The van der Waals surface area contributed by atoms with E-state index in [2.05, 4.69) is 21.2 Å². The van der Waals surface area contributed by atoms with Crippen molar-refractivity contribution in [1.29, 1.82) is 5.40 Å². The molecule has 0 fully saturated rings. The van der Waals surface area contributed by atoms with Crippen molar-refractivity contribution in [3.63, 3.8) is 0 Å². The predicted molar refractivity (Wildman–Crippen MR) is 88.1 cm³/mol. The zero-order valence-corrected chi connectivity index (χ0v) is 13.0. The van der Waals surface area contributed by atoms with Crippen molar-refractivity contribution in [2.45, 2.75) is 37.9 Å². The molecule has 1 aromatic rings. The Morgan fingerprint density at radius 3 is 2.78 bits per heavy atom. The van der Waals surface area contributed by atoms with Crippen LogP contribution in [0, 0.1) is 10.3 Å². The number of nitroso groups, excluding NO2 is 1. The van der Waals surface area contributed by atoms with Crippen LogP contribution in [-0.4, -0.2) is 35.3 Å². The number of carboxylic acid groups (broad SMARTS) is 1. The molecule has 8 nitrogen and oxygen atoms in total. The monoisotopic (exact) mass is 321 g/mol. The van der Waals surface area contributed by atoms with E-state index in [4.69, 9.17) is 7.15 Å². The van der Waals surface area contributed by atoms with Gasteiger partial charge in [-0.05, 0) is 30.5 Å². The molecule has 0 saturated carbocycles. The first-order valence-corrected chi connectivity index (χ1v) is 7.30. The summed E-state index contributed by atoms with van der Waals surface area (Å²) in [7, 11) is 0. The average molecular weight is 321 g/mol. The van der Waals surface area contributed by atoms with Gasteiger partial charge in [0.25, 0.3) is 0 Å². The van der Waals surface area contributed by atoms with Crippen LogP contribution in [-0.2, 0) is 11.2 Å². The van der Waals surface area contributed by atoms with E-state index in [9.17, 15) is 14.8 Å². The van der Waals surface area contributed by atoms with Gasteiger partial charge in [0.2, 0.25) is 0 Å². The fourth-order valence-electron chi connectivity index (χ4n) is 2.26. The van der Waals surface area contributed by atoms with Crippen molar-refractivity contribution >= 4 is 11.9 Å². The molecule has 1 aromatic carbocycles. The lowest BCUT2D eigenvalue weighted by Crippen LogP contribution is -2.51. The van der Waals surface area contributed by atoms with Gasteiger partial charge in [-0.3, -0.25) is 15.5 Å². The number of hydrogen-bond acceptors (Lipinski definition) is 5. The molecule has 0 bridgehead atoms. The number of nitrogens with zero attached hydrogens (tertiary/aromatic N) is 1. The Kier molecular flexibility index (Phi) is 6.49. The molecule has 0 aliphatic rings. The number of benzene rings is 1. The first kappa shape index (κ1) is 16.9. The molecule has 126 valence electrons. The van der Waals surface area contributed by atoms with Gasteiger partial charge < -0.3 is 16.2 Å². The number of nitrogens with two attached hydrogens (primary N) is 1. The van der Waals surface area contributed by atoms with Crippen molar-refractivity contribution < 1.29 is 11.3 Å². The molecule has 1 rings (SSSR count). The lowest BCUT2D eigenvalue weighted by atomic mass is 10.00. The number of aliphatic carboxylic acids is 1. The third-order valence-electron chi connectivity index (χ3n) is 3.35. The lowest BCUT2D eigenvalue weighted by molar-refractivity contribution is -0.140. The van der Waals surface area contributed by atoms with Crippen molar-refractivity contribution in [3.05, 3.63) is 40.8 Å². The van der Waals surface area contributed by atoms with Crippen LogP contribution in [0.2, 0.25) is 1.41 Å². The standard InChI is InChI=1S/C15H23N5O3/c1-15(20-23,10-11-6-3-2-4-7-11)19-12(13(21)22)8-5-9-18-14(16)17/h2-4,6-7,12,19H,5,8-10H2,1H3,(H,21,22)(H4,16,17,18)/t12-,15?/m0/s1. The second kappa shape index (κ2) is 8.84. The maximum atomic E-state index is 11.4. The molecule has 2 atom stereocenters. The van der Waals surface area contributed by atoms with Gasteiger partial charge in [0.15, 0.2) is 13.0 Å². The summed E-state index contributed by atoms with van der Waals surface area (Å²) in [6.07, 6.45) is 1.03. The zero-order chi connectivity index (χ0) is 18.0. The fourth-order valence-corrected chi connectivity index (χ4v) is 2.26. The van der Waals surface area contributed by atoms with E-state index in [0.717, 1.165) is 5.56 Å². The summed E-state index contributed by atoms with van der Waals surface area (Å²) >= 11 is 0. The summed E-state index contributed by atoms with van der Waals surface area (Å²) in [5.74, 6) is -1.08. The Hall–Kier alpha value is -2.48. The second-order valence-corrected chi connectivity index (χ2v) is 5.52. The minimum absolute atomic E-state index is 0.0293. The minimum Gasteiger partial charge on any atom is -0.480 e. The van der Waals surface area contributed by atoms with Gasteiger partial charge in [0.05, 0.1) is 0 Å². The van der Waals surface area contributed by atoms with Crippen LogP contribution < -0.4 is 16.4 Å². The van der Waals surface area contributed by atoms with Crippen molar-refractivity contribution in [1.82, 2.24) is 10.6 Å². The van der Waals surface area contributed by atoms with E-state index >= 15 is 0 Å². The molecule has 1 unspecified atom stereocenters. The van der Waals surface area contributed by atoms with Crippen LogP contribution in [0.3, 0.4) is 0 Å². The Labute approximate surface area is 136 Å². The van der Waals surface area contributed by atoms with Gasteiger partial charge >= 0.3 is 5.97 Å². The largest absolute Gasteiger partial charge is 0.480 e. The van der Waals surface area contributed by atoms with E-state index in [1.165, 1.54) is 0 Å². The van der Waals surface area contributed by atoms with Crippen LogP contribution in [0.5, 0.6) is 0 Å². The SMILES string of the molecule is [H]/N=C(/N)NCCC[C@H](NC(C)(Cc1ccccc1)N=O)C(=O)O. The number of carbonyl (C=O) groups is 1. The molecule has 0 aromatic heterocycles. The number of carboxylic acids is 1. The van der Waals surface area contributed by atoms with Gasteiger partial charge in [0.1, 0.15) is 6.04 Å². The molecule has 6 N–H and O–H groups in total. The highest BCUT2D eigenvalue weighted by Gasteiger charge is 2.31. The van der Waals surface area contributed by atoms with Gasteiger partial charge in [-0.2, -0.15) is 0 Å². The van der Waals surface area contributed by atoms with Gasteiger partial charge in [-0.15, -0.1) is 4.91 Å². The number of hydrogen-bond donors (Lipinski definition) is 5. The Morgan fingerprint density at radius 1 is 1.52 bits per heavy atom. The fraction of sp³-hybridized carbons (Fsp3) is 0.467. The van der Waals surface area contributed by atoms with Crippen molar-refractivity contribution in [2.75, 3.05) is 6.54 Å². The van der Waals surface area contributed by atoms with Gasteiger partial charge in [-0.25, -0.2) is 0 Å². The molecule has 0 radical (unpaired) electrons. The van der Waals surface area contributed by atoms with E-state index in [1.807, 2.05) is 30.3 Å². The number of nitrogens with one attached hydrogen (secondary N) is 3. The summed E-state index contributed by atoms with van der Waals surface area (Å²) in [6, 6.07) is 8.34. The lowest BCUT2D eigenvalue weighted by Gasteiger charge is -2.27. The molecule has 0 spiro atoms. The molecule has 8 heteroatoms. The molecule has 0 aliphatic heterocycles. The summed E-state index contributed by atoms with van der Waals surface area (Å²) in [5.41, 5.74) is 4.99. The minimum atomic E-state index is -1.22. The van der Waals surface area contributed by atoms with E-state index in [-0.39, 0.29) is 18.8 Å².